The van der Waals surface area contributed by atoms with E-state index in [-0.39, 0.29) is 12.0 Å². The minimum absolute atomic E-state index is 0.260. The van der Waals surface area contributed by atoms with Crippen LogP contribution in [0.1, 0.15) is 54.9 Å². The number of ether oxygens (including phenoxy) is 1. The molecule has 0 bridgehead atoms. The van der Waals surface area contributed by atoms with Gasteiger partial charge >= 0.3 is 13.2 Å². The van der Waals surface area contributed by atoms with E-state index in [1.54, 1.807) is 4.90 Å². The molecule has 1 fully saturated rings. The van der Waals surface area contributed by atoms with Gasteiger partial charge in [-0.1, -0.05) is 12.2 Å². The molecule has 6 heteroatoms. The normalized spacial score (nSPS) is 27.1. The lowest BCUT2D eigenvalue weighted by Crippen LogP contribution is -2.52. The Labute approximate surface area is 134 Å². The van der Waals surface area contributed by atoms with Crippen molar-refractivity contribution in [3.8, 4) is 0 Å². The Kier molecular flexibility index (Phi) is 4.39. The van der Waals surface area contributed by atoms with Gasteiger partial charge in [0.25, 0.3) is 0 Å². The zero-order valence-corrected chi connectivity index (χ0v) is 14.8. The number of carbonyl (C=O) groups excluding carboxylic acids is 1. The highest BCUT2D eigenvalue weighted by molar-refractivity contribution is 6.48. The van der Waals surface area contributed by atoms with Crippen molar-refractivity contribution in [3.63, 3.8) is 0 Å². The first-order valence-corrected chi connectivity index (χ1v) is 7.95. The third-order valence-electron chi connectivity index (χ3n) is 4.41. The minimum Gasteiger partial charge on any atom is -0.444 e. The maximum Gasteiger partial charge on any atom is 0.486 e. The molecule has 2 aliphatic heterocycles. The quantitative estimate of drug-likeness (QED) is 0.551. The highest BCUT2D eigenvalue weighted by atomic mass is 16.7. The summed E-state index contributed by atoms with van der Waals surface area (Å²) in [6.45, 7) is 14.3. The fraction of sp³-hybridized carbons (Fsp3) is 0.812. The number of carbonyl (C=O) groups is 1. The molecule has 0 aromatic carbocycles. The van der Waals surface area contributed by atoms with Crippen molar-refractivity contribution in [1.29, 1.82) is 0 Å². The van der Waals surface area contributed by atoms with Gasteiger partial charge in [-0.05, 0) is 54.9 Å². The van der Waals surface area contributed by atoms with Crippen LogP contribution in [-0.2, 0) is 14.0 Å². The van der Waals surface area contributed by atoms with Crippen molar-refractivity contribution in [2.45, 2.75) is 77.6 Å². The van der Waals surface area contributed by atoms with Crippen molar-refractivity contribution in [3.05, 3.63) is 12.2 Å². The van der Waals surface area contributed by atoms with Crippen LogP contribution in [0.4, 0.5) is 4.79 Å². The van der Waals surface area contributed by atoms with Gasteiger partial charge in [0, 0.05) is 6.54 Å². The van der Waals surface area contributed by atoms with Crippen molar-refractivity contribution < 1.29 is 18.8 Å². The van der Waals surface area contributed by atoms with Crippen LogP contribution < -0.4 is 0 Å². The van der Waals surface area contributed by atoms with Gasteiger partial charge in [0.2, 0.25) is 0 Å². The first-order chi connectivity index (χ1) is 9.93. The second-order valence-corrected chi connectivity index (χ2v) is 8.01. The molecule has 0 aliphatic carbocycles. The van der Waals surface area contributed by atoms with E-state index in [2.05, 4.69) is 6.08 Å². The molecule has 0 spiro atoms. The predicted octanol–water partition coefficient (Wildman–Crippen LogP) is 3.18. The van der Waals surface area contributed by atoms with Crippen molar-refractivity contribution in [2.24, 2.45) is 0 Å². The smallest absolute Gasteiger partial charge is 0.444 e. The summed E-state index contributed by atoms with van der Waals surface area (Å²) in [6, 6.07) is 0. The average Bonchev–Trinajstić information content (AvgIpc) is 2.56. The average molecular weight is 309 g/mol. The van der Waals surface area contributed by atoms with Gasteiger partial charge in [-0.3, -0.25) is 0 Å². The molecule has 2 heterocycles. The van der Waals surface area contributed by atoms with Crippen LogP contribution in [0, 0.1) is 0 Å². The molecule has 1 amide bonds. The molecular weight excluding hydrogens is 281 g/mol. The maximum absolute atomic E-state index is 12.5. The van der Waals surface area contributed by atoms with Crippen LogP contribution in [-0.4, -0.2) is 47.4 Å². The second-order valence-electron chi connectivity index (χ2n) is 8.01. The number of rotatable bonds is 1. The van der Waals surface area contributed by atoms with E-state index in [9.17, 15) is 4.79 Å². The Hall–Kier alpha value is -1.01. The monoisotopic (exact) mass is 309 g/mol. The summed E-state index contributed by atoms with van der Waals surface area (Å²) in [7, 11) is -0.478. The summed E-state index contributed by atoms with van der Waals surface area (Å²) in [5.41, 5.74) is -1.34. The lowest BCUT2D eigenvalue weighted by atomic mass is 9.75. The number of nitrogens with zero attached hydrogens (tertiary/aromatic N) is 1. The van der Waals surface area contributed by atoms with E-state index in [0.717, 1.165) is 6.42 Å². The van der Waals surface area contributed by atoms with Gasteiger partial charge in [0.1, 0.15) is 5.60 Å². The third kappa shape index (κ3) is 3.49. The standard InChI is InChI=1S/C16H28BNO4/c1-14(2,3)20-13(19)18-11-9-8-10-12(18)17-21-15(4,5)16(6,7)22-17/h8,10,12H,9,11H2,1-7H3. The summed E-state index contributed by atoms with van der Waals surface area (Å²) in [5.74, 6) is -0.260. The molecule has 0 N–H and O–H groups in total. The molecule has 2 aliphatic rings. The van der Waals surface area contributed by atoms with Crippen molar-refractivity contribution in [2.75, 3.05) is 6.54 Å². The molecule has 1 atom stereocenters. The summed E-state index contributed by atoms with van der Waals surface area (Å²) < 4.78 is 17.7. The van der Waals surface area contributed by atoms with Gasteiger partial charge < -0.3 is 18.9 Å². The van der Waals surface area contributed by atoms with E-state index in [1.807, 2.05) is 54.5 Å². The molecule has 0 aromatic rings. The van der Waals surface area contributed by atoms with E-state index < -0.39 is 23.9 Å². The molecule has 0 aromatic heterocycles. The van der Waals surface area contributed by atoms with Crippen LogP contribution in [0.25, 0.3) is 0 Å². The molecule has 0 saturated carbocycles. The van der Waals surface area contributed by atoms with Crippen LogP contribution in [0.3, 0.4) is 0 Å². The Morgan fingerprint density at radius 3 is 2.27 bits per heavy atom. The molecule has 1 unspecified atom stereocenters. The molecular formula is C16H28BNO4. The van der Waals surface area contributed by atoms with Gasteiger partial charge in [-0.15, -0.1) is 0 Å². The van der Waals surface area contributed by atoms with E-state index in [1.165, 1.54) is 0 Å². The zero-order chi connectivity index (χ0) is 16.8. The highest BCUT2D eigenvalue weighted by Crippen LogP contribution is 2.39. The van der Waals surface area contributed by atoms with E-state index >= 15 is 0 Å². The van der Waals surface area contributed by atoms with E-state index in [0.29, 0.717) is 6.54 Å². The van der Waals surface area contributed by atoms with Gasteiger partial charge in [0.05, 0.1) is 17.1 Å². The topological polar surface area (TPSA) is 48.0 Å². The molecule has 2 rings (SSSR count). The van der Waals surface area contributed by atoms with Crippen LogP contribution >= 0.6 is 0 Å². The molecule has 1 saturated heterocycles. The summed E-state index contributed by atoms with van der Waals surface area (Å²) in [6.07, 6.45) is 4.54. The first kappa shape index (κ1) is 17.4. The summed E-state index contributed by atoms with van der Waals surface area (Å²) >= 11 is 0. The van der Waals surface area contributed by atoms with Crippen LogP contribution in [0.5, 0.6) is 0 Å². The Bertz CT molecular complexity index is 451. The Morgan fingerprint density at radius 2 is 1.77 bits per heavy atom. The molecule has 124 valence electrons. The maximum atomic E-state index is 12.5. The third-order valence-corrected chi connectivity index (χ3v) is 4.41. The molecule has 22 heavy (non-hydrogen) atoms. The lowest BCUT2D eigenvalue weighted by molar-refractivity contribution is 0.00578. The largest absolute Gasteiger partial charge is 0.486 e. The fourth-order valence-electron chi connectivity index (χ4n) is 2.50. The number of hydrogen-bond donors (Lipinski definition) is 0. The fourth-order valence-corrected chi connectivity index (χ4v) is 2.50. The van der Waals surface area contributed by atoms with E-state index in [4.69, 9.17) is 14.0 Å². The highest BCUT2D eigenvalue weighted by Gasteiger charge is 2.55. The number of hydrogen-bond acceptors (Lipinski definition) is 4. The SMILES string of the molecule is CC(C)(C)OC(=O)N1CCC=CC1B1OC(C)(C)C(C)(C)O1. The van der Waals surface area contributed by atoms with Crippen LogP contribution in [0.15, 0.2) is 12.2 Å². The zero-order valence-electron chi connectivity index (χ0n) is 14.8. The van der Waals surface area contributed by atoms with Gasteiger partial charge in [-0.25, -0.2) is 4.79 Å². The molecule has 5 nitrogen and oxygen atoms in total. The number of amides is 1. The first-order valence-electron chi connectivity index (χ1n) is 7.95. The van der Waals surface area contributed by atoms with Gasteiger partial charge in [-0.2, -0.15) is 0 Å². The molecule has 0 radical (unpaired) electrons. The van der Waals surface area contributed by atoms with Crippen molar-refractivity contribution in [1.82, 2.24) is 4.90 Å². The van der Waals surface area contributed by atoms with Gasteiger partial charge in [0.15, 0.2) is 0 Å². The lowest BCUT2D eigenvalue weighted by Gasteiger charge is -2.34. The summed E-state index contributed by atoms with van der Waals surface area (Å²) in [5, 5.41) is 0. The minimum atomic E-state index is -0.515. The predicted molar refractivity (Wildman–Crippen MR) is 86.6 cm³/mol. The Balaban J connectivity index is 2.16. The van der Waals surface area contributed by atoms with Crippen LogP contribution in [0.2, 0.25) is 0 Å². The second kappa shape index (κ2) is 5.57. The van der Waals surface area contributed by atoms with Crippen molar-refractivity contribution >= 4 is 13.2 Å². The summed E-state index contributed by atoms with van der Waals surface area (Å²) in [4.78, 5) is 14.2. The Morgan fingerprint density at radius 1 is 1.23 bits per heavy atom.